The molecule has 0 radical (unpaired) electrons. The number of rotatable bonds is 6. The SMILES string of the molecule is CCC/C(C)=N\c1c(C)c(-c2nccs2)cc(C(=O)OCC)c1C(F)(F)F. The molecule has 2 rings (SSSR count). The smallest absolute Gasteiger partial charge is 0.419 e. The van der Waals surface area contributed by atoms with E-state index in [4.69, 9.17) is 4.74 Å². The van der Waals surface area contributed by atoms with Gasteiger partial charge in [0.1, 0.15) is 5.01 Å². The average Bonchev–Trinajstić information content (AvgIpc) is 3.10. The third-order valence-electron chi connectivity index (χ3n) is 3.91. The molecule has 0 amide bonds. The molecule has 0 spiro atoms. The second-order valence-electron chi connectivity index (χ2n) is 5.97. The molecular weight excluding hydrogens is 377 g/mol. The van der Waals surface area contributed by atoms with Crippen molar-refractivity contribution in [3.63, 3.8) is 0 Å². The molecule has 2 aromatic rings. The quantitative estimate of drug-likeness (QED) is 0.430. The van der Waals surface area contributed by atoms with Gasteiger partial charge >= 0.3 is 12.1 Å². The Morgan fingerprint density at radius 2 is 2.04 bits per heavy atom. The number of halogens is 3. The predicted octanol–water partition coefficient (Wildman–Crippen LogP) is 6.21. The van der Waals surface area contributed by atoms with Crippen LogP contribution < -0.4 is 0 Å². The highest BCUT2D eigenvalue weighted by Crippen LogP contribution is 2.45. The number of carbonyl (C=O) groups excluding carboxylic acids is 1. The zero-order chi connectivity index (χ0) is 20.2. The minimum Gasteiger partial charge on any atom is -0.462 e. The molecule has 0 unspecified atom stereocenters. The van der Waals surface area contributed by atoms with Crippen molar-refractivity contribution in [1.29, 1.82) is 0 Å². The van der Waals surface area contributed by atoms with E-state index in [2.05, 4.69) is 9.98 Å². The third kappa shape index (κ3) is 4.74. The summed E-state index contributed by atoms with van der Waals surface area (Å²) in [5, 5.41) is 2.25. The van der Waals surface area contributed by atoms with Gasteiger partial charge in [0.2, 0.25) is 0 Å². The largest absolute Gasteiger partial charge is 0.462 e. The minimum absolute atomic E-state index is 0.0238. The second-order valence-corrected chi connectivity index (χ2v) is 6.87. The summed E-state index contributed by atoms with van der Waals surface area (Å²) in [6, 6.07) is 1.21. The van der Waals surface area contributed by atoms with Crippen LogP contribution in [0.15, 0.2) is 22.6 Å². The summed E-state index contributed by atoms with van der Waals surface area (Å²) in [5.41, 5.74) is -0.497. The molecular formula is C19H21F3N2O2S. The first kappa shape index (κ1) is 21.1. The van der Waals surface area contributed by atoms with Gasteiger partial charge in [-0.05, 0) is 38.8 Å². The molecule has 1 aromatic heterocycles. The molecule has 1 heterocycles. The summed E-state index contributed by atoms with van der Waals surface area (Å²) < 4.78 is 46.6. The van der Waals surface area contributed by atoms with Crippen LogP contribution in [0.1, 0.15) is 55.1 Å². The number of ether oxygens (including phenoxy) is 1. The summed E-state index contributed by atoms with van der Waals surface area (Å²) >= 11 is 1.28. The van der Waals surface area contributed by atoms with Crippen molar-refractivity contribution in [1.82, 2.24) is 4.98 Å². The van der Waals surface area contributed by atoms with E-state index in [0.29, 0.717) is 28.3 Å². The van der Waals surface area contributed by atoms with Gasteiger partial charge in [-0.15, -0.1) is 11.3 Å². The van der Waals surface area contributed by atoms with Crippen LogP contribution in [0.2, 0.25) is 0 Å². The highest BCUT2D eigenvalue weighted by atomic mass is 32.1. The minimum atomic E-state index is -4.75. The maximum absolute atomic E-state index is 13.9. The van der Waals surface area contributed by atoms with Crippen LogP contribution in [0.25, 0.3) is 10.6 Å². The number of nitrogens with zero attached hydrogens (tertiary/aromatic N) is 2. The number of esters is 1. The number of aromatic nitrogens is 1. The first-order chi connectivity index (χ1) is 12.7. The van der Waals surface area contributed by atoms with Crippen LogP contribution >= 0.6 is 11.3 Å². The monoisotopic (exact) mass is 398 g/mol. The molecule has 0 aliphatic rings. The van der Waals surface area contributed by atoms with Gasteiger partial charge in [-0.2, -0.15) is 13.2 Å². The molecule has 8 heteroatoms. The molecule has 0 N–H and O–H groups in total. The van der Waals surface area contributed by atoms with Gasteiger partial charge in [0.05, 0.1) is 23.4 Å². The van der Waals surface area contributed by atoms with E-state index in [-0.39, 0.29) is 12.3 Å². The van der Waals surface area contributed by atoms with E-state index in [1.807, 2.05) is 6.92 Å². The van der Waals surface area contributed by atoms with Gasteiger partial charge < -0.3 is 4.74 Å². The molecule has 0 saturated carbocycles. The molecule has 27 heavy (non-hydrogen) atoms. The summed E-state index contributed by atoms with van der Waals surface area (Å²) in [4.78, 5) is 20.8. The Hall–Kier alpha value is -2.22. The number of aliphatic imine (C=N–C) groups is 1. The van der Waals surface area contributed by atoms with Crippen molar-refractivity contribution in [2.45, 2.75) is 46.7 Å². The van der Waals surface area contributed by atoms with E-state index in [1.165, 1.54) is 17.4 Å². The lowest BCUT2D eigenvalue weighted by atomic mass is 9.95. The molecule has 146 valence electrons. The van der Waals surface area contributed by atoms with Crippen molar-refractivity contribution in [2.24, 2.45) is 4.99 Å². The lowest BCUT2D eigenvalue weighted by molar-refractivity contribution is -0.137. The van der Waals surface area contributed by atoms with Crippen LogP contribution in [0.5, 0.6) is 0 Å². The van der Waals surface area contributed by atoms with Gasteiger partial charge in [0.25, 0.3) is 0 Å². The van der Waals surface area contributed by atoms with E-state index < -0.39 is 23.3 Å². The van der Waals surface area contributed by atoms with Crippen molar-refractivity contribution in [3.8, 4) is 10.6 Å². The van der Waals surface area contributed by atoms with Crippen LogP contribution in [0, 0.1) is 6.92 Å². The van der Waals surface area contributed by atoms with Crippen LogP contribution in [0.4, 0.5) is 18.9 Å². The fourth-order valence-corrected chi connectivity index (χ4v) is 3.46. The van der Waals surface area contributed by atoms with Gasteiger partial charge in [-0.3, -0.25) is 4.99 Å². The van der Waals surface area contributed by atoms with Crippen molar-refractivity contribution < 1.29 is 22.7 Å². The van der Waals surface area contributed by atoms with E-state index >= 15 is 0 Å². The van der Waals surface area contributed by atoms with Crippen LogP contribution in [0.3, 0.4) is 0 Å². The molecule has 0 aliphatic heterocycles. The van der Waals surface area contributed by atoms with E-state index in [0.717, 1.165) is 6.42 Å². The summed E-state index contributed by atoms with van der Waals surface area (Å²) in [5.74, 6) is -1.02. The summed E-state index contributed by atoms with van der Waals surface area (Å²) in [6.45, 7) is 6.70. The number of benzene rings is 1. The highest BCUT2D eigenvalue weighted by molar-refractivity contribution is 7.13. The van der Waals surface area contributed by atoms with Crippen molar-refractivity contribution in [2.75, 3.05) is 6.61 Å². The third-order valence-corrected chi connectivity index (χ3v) is 4.72. The Morgan fingerprint density at radius 1 is 1.33 bits per heavy atom. The van der Waals surface area contributed by atoms with Crippen LogP contribution in [-0.4, -0.2) is 23.3 Å². The molecule has 1 aromatic carbocycles. The topological polar surface area (TPSA) is 51.5 Å². The molecule has 4 nitrogen and oxygen atoms in total. The maximum Gasteiger partial charge on any atom is 0.419 e. The van der Waals surface area contributed by atoms with Crippen LogP contribution in [-0.2, 0) is 10.9 Å². The Morgan fingerprint density at radius 3 is 2.56 bits per heavy atom. The first-order valence-corrected chi connectivity index (χ1v) is 9.44. The lowest BCUT2D eigenvalue weighted by Crippen LogP contribution is -2.17. The zero-order valence-electron chi connectivity index (χ0n) is 15.6. The van der Waals surface area contributed by atoms with E-state index in [9.17, 15) is 18.0 Å². The normalized spacial score (nSPS) is 12.3. The predicted molar refractivity (Wildman–Crippen MR) is 101 cm³/mol. The standard InChI is InChI=1S/C19H21F3N2O2S/c1-5-7-11(3)24-16-12(4)13(17-23-8-9-27-17)10-14(18(25)26-6-2)15(16)19(20,21)22/h8-10H,5-7H2,1-4H3/b24-11-. The summed E-state index contributed by atoms with van der Waals surface area (Å²) in [7, 11) is 0. The zero-order valence-corrected chi connectivity index (χ0v) is 16.4. The number of hydrogen-bond acceptors (Lipinski definition) is 5. The average molecular weight is 398 g/mol. The van der Waals surface area contributed by atoms with Gasteiger partial charge in [-0.25, -0.2) is 9.78 Å². The number of alkyl halides is 3. The first-order valence-electron chi connectivity index (χ1n) is 8.56. The number of hydrogen-bond donors (Lipinski definition) is 0. The molecule has 0 aliphatic carbocycles. The van der Waals surface area contributed by atoms with E-state index in [1.54, 1.807) is 32.3 Å². The Kier molecular flexibility index (Phi) is 6.75. The van der Waals surface area contributed by atoms with Crippen molar-refractivity contribution in [3.05, 3.63) is 34.3 Å². The second kappa shape index (κ2) is 8.65. The summed E-state index contributed by atoms with van der Waals surface area (Å²) in [6.07, 6.45) is -1.87. The molecule has 0 saturated heterocycles. The Bertz CT molecular complexity index is 844. The fraction of sp³-hybridized carbons (Fsp3) is 0.421. The van der Waals surface area contributed by atoms with Crippen molar-refractivity contribution >= 4 is 28.7 Å². The maximum atomic E-state index is 13.9. The Labute approximate surface area is 160 Å². The molecule has 0 bridgehead atoms. The number of carbonyl (C=O) groups is 1. The molecule has 0 atom stereocenters. The van der Waals surface area contributed by atoms with Gasteiger partial charge in [0.15, 0.2) is 0 Å². The lowest BCUT2D eigenvalue weighted by Gasteiger charge is -2.19. The van der Waals surface area contributed by atoms with Gasteiger partial charge in [-0.1, -0.05) is 13.3 Å². The fourth-order valence-electron chi connectivity index (χ4n) is 2.75. The Balaban J connectivity index is 2.88. The highest BCUT2D eigenvalue weighted by Gasteiger charge is 2.40. The molecule has 0 fully saturated rings. The number of thiazole rings is 1. The van der Waals surface area contributed by atoms with Gasteiger partial charge in [0, 0.05) is 22.9 Å².